The van der Waals surface area contributed by atoms with E-state index >= 15 is 0 Å². The van der Waals surface area contributed by atoms with Crippen molar-refractivity contribution >= 4 is 33.1 Å². The van der Waals surface area contributed by atoms with Crippen LogP contribution in [-0.2, 0) is 23.0 Å². The Morgan fingerprint density at radius 3 is 2.12 bits per heavy atom. The van der Waals surface area contributed by atoms with Gasteiger partial charge in [0, 0.05) is 67.5 Å². The third-order valence-electron chi connectivity index (χ3n) is 7.45. The molecule has 5 rings (SSSR count). The van der Waals surface area contributed by atoms with Crippen LogP contribution in [0.1, 0.15) is 11.1 Å². The maximum atomic E-state index is 13.3. The van der Waals surface area contributed by atoms with Crippen molar-refractivity contribution in [2.45, 2.75) is 17.9 Å². The summed E-state index contributed by atoms with van der Waals surface area (Å²) >= 11 is 0. The Balaban J connectivity index is 1.27. The number of nitrogens with one attached hydrogen (secondary N) is 2. The summed E-state index contributed by atoms with van der Waals surface area (Å²) in [6, 6.07) is 16.7. The first kappa shape index (κ1) is 27.6. The van der Waals surface area contributed by atoms with Gasteiger partial charge in [0.25, 0.3) is 10.0 Å². The van der Waals surface area contributed by atoms with Crippen LogP contribution in [0.3, 0.4) is 0 Å². The summed E-state index contributed by atoms with van der Waals surface area (Å²) < 4.78 is 39.0. The molecule has 2 heterocycles. The smallest absolute Gasteiger partial charge is 0.322 e. The van der Waals surface area contributed by atoms with Crippen molar-refractivity contribution in [2.75, 3.05) is 68.9 Å². The molecular formula is C29H35N5O5S. The SMILES string of the molecule is COc1ccc(NS(=O)(=O)c2ccc(NC(=O)N3CCc4c(OC)ccc(N5CCN(C)CC5)c4C3)cc2)cc1. The van der Waals surface area contributed by atoms with Gasteiger partial charge in [-0.1, -0.05) is 0 Å². The third kappa shape index (κ3) is 5.95. The van der Waals surface area contributed by atoms with Gasteiger partial charge in [-0.05, 0) is 74.1 Å². The number of hydrogen-bond donors (Lipinski definition) is 2. The molecule has 1 fully saturated rings. The Bertz CT molecular complexity index is 1450. The van der Waals surface area contributed by atoms with E-state index in [0.717, 1.165) is 48.7 Å². The van der Waals surface area contributed by atoms with Gasteiger partial charge in [0.05, 0.1) is 19.1 Å². The molecule has 0 aliphatic carbocycles. The maximum Gasteiger partial charge on any atom is 0.322 e. The molecule has 2 N–H and O–H groups in total. The van der Waals surface area contributed by atoms with Crippen molar-refractivity contribution in [3.8, 4) is 11.5 Å². The molecule has 0 unspecified atom stereocenters. The standard InChI is InChI=1S/C29H35N5O5S/c1-32-16-18-33(19-17-32)27-12-13-28(39-3)25-14-15-34(20-26(25)27)29(35)30-21-6-10-24(11-7-21)40(36,37)31-22-4-8-23(38-2)9-5-22/h4-13,31H,14-20H2,1-3H3,(H,30,35). The molecule has 2 aliphatic rings. The Hall–Kier alpha value is -3.96. The van der Waals surface area contributed by atoms with Crippen molar-refractivity contribution in [1.82, 2.24) is 9.80 Å². The lowest BCUT2D eigenvalue weighted by atomic mass is 9.96. The average Bonchev–Trinajstić information content (AvgIpc) is 2.97. The molecule has 0 bridgehead atoms. The summed E-state index contributed by atoms with van der Waals surface area (Å²) in [7, 11) is 1.57. The molecule has 0 radical (unpaired) electrons. The zero-order valence-corrected chi connectivity index (χ0v) is 23.8. The molecule has 1 saturated heterocycles. The Labute approximate surface area is 235 Å². The van der Waals surface area contributed by atoms with Crippen molar-refractivity contribution in [3.05, 3.63) is 71.8 Å². The number of carbonyl (C=O) groups excluding carboxylic acids is 1. The minimum Gasteiger partial charge on any atom is -0.497 e. The van der Waals surface area contributed by atoms with E-state index in [1.54, 1.807) is 55.5 Å². The van der Waals surface area contributed by atoms with E-state index < -0.39 is 10.0 Å². The number of piperazine rings is 1. The first-order valence-corrected chi connectivity index (χ1v) is 14.7. The lowest BCUT2D eigenvalue weighted by molar-refractivity contribution is 0.206. The van der Waals surface area contributed by atoms with Crippen LogP contribution in [0.2, 0.25) is 0 Å². The van der Waals surface area contributed by atoms with E-state index in [1.165, 1.54) is 12.1 Å². The Kier molecular flexibility index (Phi) is 8.04. The van der Waals surface area contributed by atoms with Crippen LogP contribution < -0.4 is 24.4 Å². The summed E-state index contributed by atoms with van der Waals surface area (Å²) in [5.41, 5.74) is 4.37. The molecule has 0 saturated carbocycles. The lowest BCUT2D eigenvalue weighted by Gasteiger charge is -2.38. The fourth-order valence-corrected chi connectivity index (χ4v) is 6.19. The summed E-state index contributed by atoms with van der Waals surface area (Å²) in [5.74, 6) is 1.49. The second-order valence-corrected chi connectivity index (χ2v) is 11.7. The maximum absolute atomic E-state index is 13.3. The van der Waals surface area contributed by atoms with Gasteiger partial charge in [-0.15, -0.1) is 0 Å². The van der Waals surface area contributed by atoms with Gasteiger partial charge in [-0.25, -0.2) is 13.2 Å². The summed E-state index contributed by atoms with van der Waals surface area (Å²) in [5, 5.41) is 2.92. The first-order valence-electron chi connectivity index (χ1n) is 13.2. The Morgan fingerprint density at radius 2 is 1.48 bits per heavy atom. The molecular weight excluding hydrogens is 530 g/mol. The average molecular weight is 566 g/mol. The third-order valence-corrected chi connectivity index (χ3v) is 8.85. The molecule has 0 spiro atoms. The van der Waals surface area contributed by atoms with Crippen LogP contribution in [0.25, 0.3) is 0 Å². The van der Waals surface area contributed by atoms with Crippen LogP contribution in [0.15, 0.2) is 65.6 Å². The number of ether oxygens (including phenoxy) is 2. The van der Waals surface area contributed by atoms with Crippen LogP contribution in [0.5, 0.6) is 11.5 Å². The van der Waals surface area contributed by atoms with Gasteiger partial charge in [0.1, 0.15) is 11.5 Å². The van der Waals surface area contributed by atoms with Crippen molar-refractivity contribution in [3.63, 3.8) is 0 Å². The van der Waals surface area contributed by atoms with Crippen molar-refractivity contribution in [1.29, 1.82) is 0 Å². The van der Waals surface area contributed by atoms with Gasteiger partial charge in [-0.2, -0.15) is 0 Å². The van der Waals surface area contributed by atoms with Crippen molar-refractivity contribution in [2.24, 2.45) is 0 Å². The number of fused-ring (bicyclic) bond motifs is 1. The molecule has 2 aliphatic heterocycles. The highest BCUT2D eigenvalue weighted by atomic mass is 32.2. The number of hydrogen-bond acceptors (Lipinski definition) is 7. The number of nitrogens with zero attached hydrogens (tertiary/aromatic N) is 3. The highest BCUT2D eigenvalue weighted by molar-refractivity contribution is 7.92. The molecule has 212 valence electrons. The molecule has 2 amide bonds. The monoisotopic (exact) mass is 565 g/mol. The van der Waals surface area contributed by atoms with Gasteiger partial charge in [0.15, 0.2) is 0 Å². The fraction of sp³-hybridized carbons (Fsp3) is 0.345. The van der Waals surface area contributed by atoms with Gasteiger partial charge in [-0.3, -0.25) is 4.72 Å². The normalized spacial score (nSPS) is 15.8. The fourth-order valence-electron chi connectivity index (χ4n) is 5.13. The van der Waals surface area contributed by atoms with Gasteiger partial charge in [0.2, 0.25) is 0 Å². The van der Waals surface area contributed by atoms with Crippen LogP contribution in [0, 0.1) is 0 Å². The second-order valence-electron chi connectivity index (χ2n) is 9.99. The first-order chi connectivity index (χ1) is 19.3. The molecule has 0 aromatic heterocycles. The summed E-state index contributed by atoms with van der Waals surface area (Å²) in [4.78, 5) is 19.8. The number of carbonyl (C=O) groups is 1. The molecule has 3 aromatic rings. The number of urea groups is 1. The van der Waals surface area contributed by atoms with E-state index in [2.05, 4.69) is 33.0 Å². The van der Waals surface area contributed by atoms with E-state index in [-0.39, 0.29) is 10.9 Å². The van der Waals surface area contributed by atoms with Crippen LogP contribution in [-0.4, -0.2) is 78.2 Å². The topological polar surface area (TPSA) is 103 Å². The number of sulfonamides is 1. The van der Waals surface area contributed by atoms with E-state index in [4.69, 9.17) is 9.47 Å². The second kappa shape index (κ2) is 11.6. The minimum atomic E-state index is -3.79. The van der Waals surface area contributed by atoms with Crippen LogP contribution in [0.4, 0.5) is 21.9 Å². The highest BCUT2D eigenvalue weighted by Gasteiger charge is 2.28. The van der Waals surface area contributed by atoms with E-state index in [0.29, 0.717) is 36.6 Å². The predicted molar refractivity (Wildman–Crippen MR) is 156 cm³/mol. The number of amides is 2. The van der Waals surface area contributed by atoms with Crippen molar-refractivity contribution < 1.29 is 22.7 Å². The quantitative estimate of drug-likeness (QED) is 0.449. The molecule has 3 aromatic carbocycles. The van der Waals surface area contributed by atoms with E-state index in [9.17, 15) is 13.2 Å². The number of methoxy groups -OCH3 is 2. The molecule has 10 nitrogen and oxygen atoms in total. The number of anilines is 3. The molecule has 40 heavy (non-hydrogen) atoms. The van der Waals surface area contributed by atoms with Crippen LogP contribution >= 0.6 is 0 Å². The minimum absolute atomic E-state index is 0.0946. The zero-order valence-electron chi connectivity index (χ0n) is 23.0. The Morgan fingerprint density at radius 1 is 0.800 bits per heavy atom. The lowest BCUT2D eigenvalue weighted by Crippen LogP contribution is -2.46. The highest BCUT2D eigenvalue weighted by Crippen LogP contribution is 2.36. The largest absolute Gasteiger partial charge is 0.497 e. The van der Waals surface area contributed by atoms with Gasteiger partial charge < -0.3 is 29.5 Å². The van der Waals surface area contributed by atoms with E-state index in [1.807, 2.05) is 6.07 Å². The summed E-state index contributed by atoms with van der Waals surface area (Å²) in [6.45, 7) is 4.88. The predicted octanol–water partition coefficient (Wildman–Crippen LogP) is 3.85. The number of benzene rings is 3. The zero-order chi connectivity index (χ0) is 28.3. The number of rotatable bonds is 7. The van der Waals surface area contributed by atoms with Gasteiger partial charge >= 0.3 is 6.03 Å². The molecule has 0 atom stereocenters. The molecule has 11 heteroatoms. The number of likely N-dealkylation sites (N-methyl/N-ethyl adjacent to an activating group) is 1. The summed E-state index contributed by atoms with van der Waals surface area (Å²) in [6.07, 6.45) is 0.696.